The molecule has 3 unspecified atom stereocenters. The van der Waals surface area contributed by atoms with Crippen LogP contribution in [-0.2, 0) is 11.2 Å². The van der Waals surface area contributed by atoms with Gasteiger partial charge in [-0.05, 0) is 62.6 Å². The minimum absolute atomic E-state index is 0.547. The molecule has 1 heterocycles. The summed E-state index contributed by atoms with van der Waals surface area (Å²) < 4.78 is 5.75. The quantitative estimate of drug-likeness (QED) is 0.779. The molecule has 1 fully saturated rings. The highest BCUT2D eigenvalue weighted by molar-refractivity contribution is 5.41. The van der Waals surface area contributed by atoms with Crippen LogP contribution in [0.2, 0.25) is 0 Å². The first-order valence-electron chi connectivity index (χ1n) is 8.81. The molecule has 0 saturated carbocycles. The van der Waals surface area contributed by atoms with Crippen molar-refractivity contribution in [3.05, 3.63) is 35.4 Å². The fourth-order valence-corrected chi connectivity index (χ4v) is 3.87. The second-order valence-corrected chi connectivity index (χ2v) is 6.64. The zero-order valence-corrected chi connectivity index (χ0v) is 13.3. The Morgan fingerprint density at radius 3 is 3.00 bits per heavy atom. The van der Waals surface area contributed by atoms with Gasteiger partial charge in [0.1, 0.15) is 0 Å². The van der Waals surface area contributed by atoms with Gasteiger partial charge in [0.2, 0.25) is 0 Å². The third-order valence-electron chi connectivity index (χ3n) is 5.10. The van der Waals surface area contributed by atoms with E-state index in [1.54, 1.807) is 11.1 Å². The van der Waals surface area contributed by atoms with Gasteiger partial charge in [0.15, 0.2) is 0 Å². The second kappa shape index (κ2) is 7.42. The Balaban J connectivity index is 1.52. The van der Waals surface area contributed by atoms with E-state index in [-0.39, 0.29) is 0 Å². The standard InChI is InChI=1S/C19H29NO/c1-2-12-20-19(11-5-8-16-9-6-13-21-16)18-14-15-7-3-4-10-17(15)18/h3-4,7,10,16,18-20H,2,5-6,8-9,11-14H2,1H3. The van der Waals surface area contributed by atoms with Crippen LogP contribution in [0.3, 0.4) is 0 Å². The Labute approximate surface area is 129 Å². The van der Waals surface area contributed by atoms with Crippen LogP contribution in [0.5, 0.6) is 0 Å². The lowest BCUT2D eigenvalue weighted by Gasteiger charge is -2.37. The van der Waals surface area contributed by atoms with E-state index in [4.69, 9.17) is 4.74 Å². The molecule has 1 saturated heterocycles. The molecule has 0 radical (unpaired) electrons. The number of ether oxygens (including phenoxy) is 1. The maximum atomic E-state index is 5.75. The van der Waals surface area contributed by atoms with Gasteiger partial charge < -0.3 is 10.1 Å². The van der Waals surface area contributed by atoms with Crippen molar-refractivity contribution in [3.8, 4) is 0 Å². The van der Waals surface area contributed by atoms with Crippen LogP contribution in [0.15, 0.2) is 24.3 Å². The summed E-state index contributed by atoms with van der Waals surface area (Å²) in [5.41, 5.74) is 3.15. The van der Waals surface area contributed by atoms with Crippen LogP contribution < -0.4 is 5.32 Å². The summed E-state index contributed by atoms with van der Waals surface area (Å²) in [6.45, 7) is 4.38. The summed E-state index contributed by atoms with van der Waals surface area (Å²) in [6.07, 6.45) is 9.40. The number of hydrogen-bond donors (Lipinski definition) is 1. The summed E-state index contributed by atoms with van der Waals surface area (Å²) in [4.78, 5) is 0. The average Bonchev–Trinajstić information content (AvgIpc) is 2.98. The van der Waals surface area contributed by atoms with Gasteiger partial charge >= 0.3 is 0 Å². The minimum Gasteiger partial charge on any atom is -0.378 e. The highest BCUT2D eigenvalue weighted by atomic mass is 16.5. The molecule has 1 aromatic rings. The number of rotatable bonds is 8. The van der Waals surface area contributed by atoms with E-state index in [0.717, 1.165) is 19.1 Å². The molecule has 1 aliphatic heterocycles. The lowest BCUT2D eigenvalue weighted by atomic mass is 9.72. The molecular formula is C19H29NO. The predicted molar refractivity (Wildman–Crippen MR) is 87.8 cm³/mol. The van der Waals surface area contributed by atoms with Crippen molar-refractivity contribution >= 4 is 0 Å². The topological polar surface area (TPSA) is 21.3 Å². The Hall–Kier alpha value is -0.860. The summed E-state index contributed by atoms with van der Waals surface area (Å²) >= 11 is 0. The average molecular weight is 287 g/mol. The number of fused-ring (bicyclic) bond motifs is 1. The molecule has 0 amide bonds. The highest BCUT2D eigenvalue weighted by Crippen LogP contribution is 2.38. The van der Waals surface area contributed by atoms with Gasteiger partial charge in [-0.15, -0.1) is 0 Å². The number of hydrogen-bond acceptors (Lipinski definition) is 2. The Morgan fingerprint density at radius 1 is 1.33 bits per heavy atom. The molecule has 1 aromatic carbocycles. The summed E-state index contributed by atoms with van der Waals surface area (Å²) in [6, 6.07) is 9.62. The van der Waals surface area contributed by atoms with Gasteiger partial charge in [0.25, 0.3) is 0 Å². The fraction of sp³-hybridized carbons (Fsp3) is 0.684. The molecule has 0 aromatic heterocycles. The molecule has 2 heteroatoms. The van der Waals surface area contributed by atoms with Gasteiger partial charge in [0.05, 0.1) is 6.10 Å². The van der Waals surface area contributed by atoms with Gasteiger partial charge in [-0.2, -0.15) is 0 Å². The third-order valence-corrected chi connectivity index (χ3v) is 5.10. The zero-order chi connectivity index (χ0) is 14.5. The van der Waals surface area contributed by atoms with Crippen molar-refractivity contribution in [2.75, 3.05) is 13.2 Å². The molecule has 0 spiro atoms. The Kier molecular flexibility index (Phi) is 5.32. The lowest BCUT2D eigenvalue weighted by Crippen LogP contribution is -2.40. The van der Waals surface area contributed by atoms with Gasteiger partial charge in [-0.3, -0.25) is 0 Å². The monoisotopic (exact) mass is 287 g/mol. The van der Waals surface area contributed by atoms with Crippen molar-refractivity contribution in [1.82, 2.24) is 5.32 Å². The fourth-order valence-electron chi connectivity index (χ4n) is 3.87. The molecule has 3 rings (SSSR count). The maximum absolute atomic E-state index is 5.75. The predicted octanol–water partition coefficient (Wildman–Crippen LogP) is 4.04. The van der Waals surface area contributed by atoms with Crippen LogP contribution in [0, 0.1) is 0 Å². The van der Waals surface area contributed by atoms with Gasteiger partial charge in [-0.25, -0.2) is 0 Å². The van der Waals surface area contributed by atoms with E-state index in [0.29, 0.717) is 12.1 Å². The number of benzene rings is 1. The van der Waals surface area contributed by atoms with Crippen LogP contribution in [0.1, 0.15) is 62.5 Å². The van der Waals surface area contributed by atoms with Gasteiger partial charge in [-0.1, -0.05) is 31.2 Å². The first kappa shape index (κ1) is 15.1. The smallest absolute Gasteiger partial charge is 0.0576 e. The SMILES string of the molecule is CCCNC(CCCC1CCCO1)C1Cc2ccccc21. The molecule has 2 aliphatic rings. The zero-order valence-electron chi connectivity index (χ0n) is 13.3. The van der Waals surface area contributed by atoms with E-state index in [1.807, 2.05) is 0 Å². The first-order valence-corrected chi connectivity index (χ1v) is 8.81. The number of nitrogens with one attached hydrogen (secondary N) is 1. The molecule has 0 bridgehead atoms. The van der Waals surface area contributed by atoms with Crippen molar-refractivity contribution in [2.24, 2.45) is 0 Å². The molecule has 1 N–H and O–H groups in total. The van der Waals surface area contributed by atoms with Gasteiger partial charge in [0, 0.05) is 18.6 Å². The van der Waals surface area contributed by atoms with Crippen molar-refractivity contribution in [2.45, 2.75) is 69.9 Å². The van der Waals surface area contributed by atoms with Crippen LogP contribution >= 0.6 is 0 Å². The van der Waals surface area contributed by atoms with E-state index < -0.39 is 0 Å². The van der Waals surface area contributed by atoms with Crippen molar-refractivity contribution in [3.63, 3.8) is 0 Å². The summed E-state index contributed by atoms with van der Waals surface area (Å²) in [5, 5.41) is 3.80. The normalized spacial score (nSPS) is 25.4. The third kappa shape index (κ3) is 3.67. The van der Waals surface area contributed by atoms with E-state index in [1.165, 1.54) is 44.9 Å². The van der Waals surface area contributed by atoms with Crippen LogP contribution in [0.25, 0.3) is 0 Å². The van der Waals surface area contributed by atoms with Crippen molar-refractivity contribution in [1.29, 1.82) is 0 Å². The van der Waals surface area contributed by atoms with Crippen LogP contribution in [0.4, 0.5) is 0 Å². The highest BCUT2D eigenvalue weighted by Gasteiger charge is 2.32. The largest absolute Gasteiger partial charge is 0.378 e. The molecule has 1 aliphatic carbocycles. The molecule has 3 atom stereocenters. The second-order valence-electron chi connectivity index (χ2n) is 6.64. The minimum atomic E-state index is 0.547. The lowest BCUT2D eigenvalue weighted by molar-refractivity contribution is 0.101. The van der Waals surface area contributed by atoms with Crippen LogP contribution in [-0.4, -0.2) is 25.3 Å². The maximum Gasteiger partial charge on any atom is 0.0576 e. The Morgan fingerprint density at radius 2 is 2.24 bits per heavy atom. The molecule has 2 nitrogen and oxygen atoms in total. The summed E-state index contributed by atoms with van der Waals surface area (Å²) in [5.74, 6) is 0.734. The molecular weight excluding hydrogens is 258 g/mol. The van der Waals surface area contributed by atoms with E-state index >= 15 is 0 Å². The van der Waals surface area contributed by atoms with E-state index in [9.17, 15) is 0 Å². The molecule has 116 valence electrons. The summed E-state index contributed by atoms with van der Waals surface area (Å²) in [7, 11) is 0. The molecule has 21 heavy (non-hydrogen) atoms. The first-order chi connectivity index (χ1) is 10.4. The Bertz CT molecular complexity index is 439. The van der Waals surface area contributed by atoms with E-state index in [2.05, 4.69) is 36.5 Å². The van der Waals surface area contributed by atoms with Crippen molar-refractivity contribution < 1.29 is 4.74 Å².